The molecule has 0 radical (unpaired) electrons. The molecule has 2 rings (SSSR count). The van der Waals surface area contributed by atoms with Gasteiger partial charge in [0.05, 0.1) is 15.7 Å². The number of halogens is 3. The summed E-state index contributed by atoms with van der Waals surface area (Å²) in [5.74, 6) is -5.28. The van der Waals surface area contributed by atoms with E-state index in [1.807, 2.05) is 4.72 Å². The summed E-state index contributed by atoms with van der Waals surface area (Å²) in [6.45, 7) is 3.70. The molecule has 2 atom stereocenters. The molecule has 0 fully saturated rings. The first-order valence-electron chi connectivity index (χ1n) is 10.1. The van der Waals surface area contributed by atoms with Crippen LogP contribution in [0.2, 0.25) is 0 Å². The highest BCUT2D eigenvalue weighted by molar-refractivity contribution is 7.84. The van der Waals surface area contributed by atoms with Crippen LogP contribution >= 0.6 is 0 Å². The van der Waals surface area contributed by atoms with E-state index in [1.165, 1.54) is 20.8 Å². The summed E-state index contributed by atoms with van der Waals surface area (Å²) >= 11 is 0. The molecule has 2 aromatic rings. The number of ether oxygens (including phenoxy) is 2. The number of rotatable bonds is 9. The maximum atomic E-state index is 14.0. The molecule has 0 saturated carbocycles. The first-order chi connectivity index (χ1) is 15.4. The lowest BCUT2D eigenvalue weighted by atomic mass is 10.00. The highest BCUT2D eigenvalue weighted by atomic mass is 32.2. The van der Waals surface area contributed by atoms with Gasteiger partial charge in [-0.25, -0.2) is 8.93 Å². The van der Waals surface area contributed by atoms with E-state index in [0.29, 0.717) is 11.1 Å². The molecule has 0 saturated heterocycles. The molecule has 33 heavy (non-hydrogen) atoms. The molecule has 180 valence electrons. The van der Waals surface area contributed by atoms with Gasteiger partial charge in [0.2, 0.25) is 0 Å². The van der Waals surface area contributed by atoms with Crippen LogP contribution in [0.5, 0.6) is 0 Å². The minimum atomic E-state index is -5.09. The Morgan fingerprint density at radius 1 is 0.848 bits per heavy atom. The van der Waals surface area contributed by atoms with E-state index in [0.717, 1.165) is 0 Å². The predicted octanol–water partition coefficient (Wildman–Crippen LogP) is 4.07. The van der Waals surface area contributed by atoms with Crippen LogP contribution in [0.3, 0.4) is 0 Å². The molecular weight excluding hydrogens is 459 g/mol. The normalized spacial score (nSPS) is 13.9. The molecule has 10 heteroatoms. The van der Waals surface area contributed by atoms with Crippen molar-refractivity contribution in [1.29, 1.82) is 0 Å². The summed E-state index contributed by atoms with van der Waals surface area (Å²) < 4.78 is 65.2. The third-order valence-electron chi connectivity index (χ3n) is 4.43. The molecule has 1 N–H and O–H groups in total. The van der Waals surface area contributed by atoms with Crippen molar-refractivity contribution >= 4 is 22.9 Å². The number of esters is 2. The minimum absolute atomic E-state index is 0.338. The second-order valence-electron chi connectivity index (χ2n) is 8.18. The lowest BCUT2D eigenvalue weighted by Crippen LogP contribution is -2.56. The van der Waals surface area contributed by atoms with E-state index in [4.69, 9.17) is 9.47 Å². The summed E-state index contributed by atoms with van der Waals surface area (Å²) in [7, 11) is -2.23. The van der Waals surface area contributed by atoms with E-state index < -0.39 is 45.8 Å². The molecular formula is C23H26F3NO5S. The number of hydrogen-bond acceptors (Lipinski definition) is 5. The van der Waals surface area contributed by atoms with Gasteiger partial charge in [-0.15, -0.1) is 0 Å². The first-order valence-corrected chi connectivity index (χ1v) is 11.2. The third-order valence-corrected chi connectivity index (χ3v) is 6.01. The van der Waals surface area contributed by atoms with Gasteiger partial charge < -0.3 is 9.47 Å². The smallest absolute Gasteiger partial charge is 0.406 e. The van der Waals surface area contributed by atoms with E-state index in [2.05, 4.69) is 0 Å². The summed E-state index contributed by atoms with van der Waals surface area (Å²) in [5, 5.41) is 0. The van der Waals surface area contributed by atoms with Crippen molar-refractivity contribution in [2.45, 2.75) is 51.0 Å². The Hall–Kier alpha value is -2.72. The zero-order chi connectivity index (χ0) is 24.6. The molecule has 2 aromatic carbocycles. The van der Waals surface area contributed by atoms with Crippen LogP contribution in [0.1, 0.15) is 31.9 Å². The fourth-order valence-corrected chi connectivity index (χ4v) is 3.48. The maximum Gasteiger partial charge on any atom is 0.406 e. The first kappa shape index (κ1) is 26.5. The van der Waals surface area contributed by atoms with Gasteiger partial charge in [-0.05, 0) is 31.9 Å². The second-order valence-corrected chi connectivity index (χ2v) is 10.2. The van der Waals surface area contributed by atoms with Crippen LogP contribution in [-0.4, -0.2) is 33.1 Å². The van der Waals surface area contributed by atoms with Crippen molar-refractivity contribution in [3.8, 4) is 0 Å². The van der Waals surface area contributed by atoms with Crippen molar-refractivity contribution in [3.63, 3.8) is 0 Å². The second kappa shape index (κ2) is 11.4. The van der Waals surface area contributed by atoms with Gasteiger partial charge in [-0.3, -0.25) is 9.59 Å². The van der Waals surface area contributed by atoms with Crippen LogP contribution in [0.15, 0.2) is 60.7 Å². The van der Waals surface area contributed by atoms with Crippen LogP contribution in [0.25, 0.3) is 0 Å². The quantitative estimate of drug-likeness (QED) is 0.428. The van der Waals surface area contributed by atoms with Crippen LogP contribution in [0, 0.1) is 5.92 Å². The van der Waals surface area contributed by atoms with Gasteiger partial charge in [-0.1, -0.05) is 60.7 Å². The lowest BCUT2D eigenvalue weighted by molar-refractivity contribution is -0.190. The minimum Gasteiger partial charge on any atom is -0.460 e. The zero-order valence-electron chi connectivity index (χ0n) is 18.4. The molecule has 1 unspecified atom stereocenters. The van der Waals surface area contributed by atoms with Gasteiger partial charge in [0.15, 0.2) is 5.92 Å². The molecule has 6 nitrogen and oxygen atoms in total. The van der Waals surface area contributed by atoms with Crippen molar-refractivity contribution in [3.05, 3.63) is 71.8 Å². The van der Waals surface area contributed by atoms with E-state index in [9.17, 15) is 27.0 Å². The predicted molar refractivity (Wildman–Crippen MR) is 117 cm³/mol. The monoisotopic (exact) mass is 485 g/mol. The Labute approximate surface area is 193 Å². The van der Waals surface area contributed by atoms with Gasteiger partial charge in [0, 0.05) is 0 Å². The zero-order valence-corrected chi connectivity index (χ0v) is 19.2. The van der Waals surface area contributed by atoms with Crippen molar-refractivity contribution < 1.29 is 36.4 Å². The van der Waals surface area contributed by atoms with E-state index in [1.54, 1.807) is 60.7 Å². The largest absolute Gasteiger partial charge is 0.460 e. The Balaban J connectivity index is 2.29. The van der Waals surface area contributed by atoms with E-state index >= 15 is 0 Å². The highest BCUT2D eigenvalue weighted by Crippen LogP contribution is 2.29. The van der Waals surface area contributed by atoms with Crippen LogP contribution in [0.4, 0.5) is 13.2 Å². The number of alkyl halides is 3. The fraction of sp³-hybridized carbons (Fsp3) is 0.391. The van der Waals surface area contributed by atoms with Gasteiger partial charge in [0.25, 0.3) is 0 Å². The molecule has 0 bridgehead atoms. The molecule has 0 aliphatic heterocycles. The standard InChI is InChI=1S/C23H26F3NO5S/c1-22(2,3)33(30)27-19(23(24,25)26)18(20(28)31-14-16-10-6-4-7-11-16)21(29)32-15-17-12-8-5-9-13-17/h4-13,18-19,27H,14-15H2,1-3H3/t19-,33?/m1/s1. The van der Waals surface area contributed by atoms with Crippen LogP contribution < -0.4 is 4.72 Å². The number of carbonyl (C=O) groups excluding carboxylic acids is 2. The fourth-order valence-electron chi connectivity index (χ4n) is 2.62. The summed E-state index contributed by atoms with van der Waals surface area (Å²) in [6.07, 6.45) is -5.09. The molecule has 0 aliphatic carbocycles. The van der Waals surface area contributed by atoms with Gasteiger partial charge in [-0.2, -0.15) is 13.2 Å². The molecule has 0 amide bonds. The molecule has 0 spiro atoms. The number of hydrogen-bond donors (Lipinski definition) is 1. The van der Waals surface area contributed by atoms with Crippen molar-refractivity contribution in [2.75, 3.05) is 0 Å². The summed E-state index contributed by atoms with van der Waals surface area (Å²) in [5.41, 5.74) is 1.05. The summed E-state index contributed by atoms with van der Waals surface area (Å²) in [4.78, 5) is 25.5. The van der Waals surface area contributed by atoms with Gasteiger partial charge in [0.1, 0.15) is 19.3 Å². The summed E-state index contributed by atoms with van der Waals surface area (Å²) in [6, 6.07) is 13.8. The average Bonchev–Trinajstić information content (AvgIpc) is 2.75. The van der Waals surface area contributed by atoms with E-state index in [-0.39, 0.29) is 13.2 Å². The molecule has 0 aliphatic rings. The van der Waals surface area contributed by atoms with Crippen LogP contribution in [-0.2, 0) is 43.3 Å². The Morgan fingerprint density at radius 3 is 1.58 bits per heavy atom. The number of carbonyl (C=O) groups is 2. The van der Waals surface area contributed by atoms with Gasteiger partial charge >= 0.3 is 18.1 Å². The molecule has 0 aromatic heterocycles. The topological polar surface area (TPSA) is 81.7 Å². The SMILES string of the molecule is CC(C)(C)S(=O)N[C@H](C(C(=O)OCc1ccccc1)C(=O)OCc1ccccc1)C(F)(F)F. The average molecular weight is 486 g/mol. The van der Waals surface area contributed by atoms with Crippen molar-refractivity contribution in [1.82, 2.24) is 4.72 Å². The Bertz CT molecular complexity index is 891. The number of benzene rings is 2. The third kappa shape index (κ3) is 8.29. The highest BCUT2D eigenvalue weighted by Gasteiger charge is 2.53. The Kier molecular flexibility index (Phi) is 9.18. The Morgan fingerprint density at radius 2 is 1.24 bits per heavy atom. The van der Waals surface area contributed by atoms with Crippen molar-refractivity contribution in [2.24, 2.45) is 5.92 Å². The molecule has 0 heterocycles. The lowest BCUT2D eigenvalue weighted by Gasteiger charge is -2.29. The maximum absolute atomic E-state index is 14.0. The number of nitrogens with one attached hydrogen (secondary N) is 1.